The van der Waals surface area contributed by atoms with E-state index in [2.05, 4.69) is 10.1 Å². The Balaban J connectivity index is 2.71. The van der Waals surface area contributed by atoms with Crippen molar-refractivity contribution in [3.63, 3.8) is 0 Å². The van der Waals surface area contributed by atoms with E-state index >= 15 is 0 Å². The van der Waals surface area contributed by atoms with Crippen molar-refractivity contribution in [2.75, 3.05) is 13.7 Å². The molecule has 18 heavy (non-hydrogen) atoms. The highest BCUT2D eigenvalue weighted by molar-refractivity contribution is 6.32. The number of carbonyl (C=O) groups excluding carboxylic acids is 2. The summed E-state index contributed by atoms with van der Waals surface area (Å²) >= 11 is 0. The second-order valence-corrected chi connectivity index (χ2v) is 4.57. The Morgan fingerprint density at radius 2 is 2.06 bits per heavy atom. The van der Waals surface area contributed by atoms with Gasteiger partial charge in [0.05, 0.1) is 7.11 Å². The molecule has 1 aromatic carbocycles. The van der Waals surface area contributed by atoms with Crippen molar-refractivity contribution in [3.05, 3.63) is 35.6 Å². The largest absolute Gasteiger partial charge is 0.462 e. The molecule has 0 fully saturated rings. The first-order chi connectivity index (χ1) is 8.36. The molecule has 0 saturated heterocycles. The number of amides is 1. The van der Waals surface area contributed by atoms with Gasteiger partial charge in [0, 0.05) is 12.0 Å². The van der Waals surface area contributed by atoms with Crippen LogP contribution >= 0.6 is 0 Å². The minimum atomic E-state index is -0.940. The quantitative estimate of drug-likeness (QED) is 0.654. The Morgan fingerprint density at radius 3 is 2.61 bits per heavy atom. The standard InChI is InChI=1S/C13H16FNO3/c1-13(2,8-15-11(16)12(17)18-3)9-5-4-6-10(14)7-9/h4-7H,8H2,1-3H3,(H,15,16). The lowest BCUT2D eigenvalue weighted by Gasteiger charge is -2.25. The van der Waals surface area contributed by atoms with Crippen molar-refractivity contribution in [1.82, 2.24) is 5.32 Å². The van der Waals surface area contributed by atoms with Crippen LogP contribution < -0.4 is 5.32 Å². The van der Waals surface area contributed by atoms with Crippen LogP contribution in [0.15, 0.2) is 24.3 Å². The number of hydrogen-bond acceptors (Lipinski definition) is 3. The molecule has 5 heteroatoms. The van der Waals surface area contributed by atoms with Crippen LogP contribution in [0.4, 0.5) is 4.39 Å². The molecule has 0 radical (unpaired) electrons. The van der Waals surface area contributed by atoms with E-state index in [1.165, 1.54) is 12.1 Å². The molecule has 1 N–H and O–H groups in total. The summed E-state index contributed by atoms with van der Waals surface area (Å²) in [4.78, 5) is 22.2. The maximum Gasteiger partial charge on any atom is 0.396 e. The highest BCUT2D eigenvalue weighted by Gasteiger charge is 2.23. The van der Waals surface area contributed by atoms with E-state index in [1.54, 1.807) is 12.1 Å². The molecule has 98 valence electrons. The maximum atomic E-state index is 13.1. The van der Waals surface area contributed by atoms with Crippen molar-refractivity contribution in [2.45, 2.75) is 19.3 Å². The van der Waals surface area contributed by atoms with E-state index in [-0.39, 0.29) is 12.4 Å². The minimum absolute atomic E-state index is 0.213. The van der Waals surface area contributed by atoms with Crippen molar-refractivity contribution in [3.8, 4) is 0 Å². The Kier molecular flexibility index (Phi) is 4.42. The van der Waals surface area contributed by atoms with Gasteiger partial charge in [-0.05, 0) is 17.7 Å². The summed E-state index contributed by atoms with van der Waals surface area (Å²) in [6.45, 7) is 3.91. The zero-order valence-electron chi connectivity index (χ0n) is 10.6. The van der Waals surface area contributed by atoms with Gasteiger partial charge in [-0.1, -0.05) is 26.0 Å². The Hall–Kier alpha value is -1.91. The smallest absolute Gasteiger partial charge is 0.396 e. The van der Waals surface area contributed by atoms with Crippen LogP contribution in [-0.4, -0.2) is 25.5 Å². The van der Waals surface area contributed by atoms with Gasteiger partial charge in [-0.2, -0.15) is 0 Å². The van der Waals surface area contributed by atoms with Crippen molar-refractivity contribution in [1.29, 1.82) is 0 Å². The molecule has 0 atom stereocenters. The number of carbonyl (C=O) groups is 2. The van der Waals surface area contributed by atoms with E-state index in [9.17, 15) is 14.0 Å². The molecule has 0 aliphatic carbocycles. The Bertz CT molecular complexity index is 457. The molecule has 0 unspecified atom stereocenters. The number of rotatable bonds is 3. The lowest BCUT2D eigenvalue weighted by atomic mass is 9.84. The van der Waals surface area contributed by atoms with Gasteiger partial charge in [0.15, 0.2) is 0 Å². The summed E-state index contributed by atoms with van der Waals surface area (Å²) in [5, 5.41) is 2.46. The van der Waals surface area contributed by atoms with Crippen LogP contribution in [0.1, 0.15) is 19.4 Å². The van der Waals surface area contributed by atoms with Crippen LogP contribution in [0.3, 0.4) is 0 Å². The lowest BCUT2D eigenvalue weighted by molar-refractivity contribution is -0.152. The zero-order chi connectivity index (χ0) is 13.8. The number of benzene rings is 1. The molecule has 0 aliphatic rings. The molecule has 1 amide bonds. The fraction of sp³-hybridized carbons (Fsp3) is 0.385. The molecule has 4 nitrogen and oxygen atoms in total. The molecule has 0 bridgehead atoms. The fourth-order valence-corrected chi connectivity index (χ4v) is 1.48. The van der Waals surface area contributed by atoms with Gasteiger partial charge >= 0.3 is 11.9 Å². The Morgan fingerprint density at radius 1 is 1.39 bits per heavy atom. The number of nitrogens with one attached hydrogen (secondary N) is 1. The zero-order valence-corrected chi connectivity index (χ0v) is 10.6. The van der Waals surface area contributed by atoms with Gasteiger partial charge in [-0.15, -0.1) is 0 Å². The van der Waals surface area contributed by atoms with Crippen LogP contribution in [0.2, 0.25) is 0 Å². The third kappa shape index (κ3) is 3.55. The number of methoxy groups -OCH3 is 1. The molecule has 0 spiro atoms. The first kappa shape index (κ1) is 14.2. The second kappa shape index (κ2) is 5.62. The maximum absolute atomic E-state index is 13.1. The van der Waals surface area contributed by atoms with Gasteiger partial charge in [-0.25, -0.2) is 9.18 Å². The topological polar surface area (TPSA) is 55.4 Å². The molecular formula is C13H16FNO3. The number of esters is 1. The predicted molar refractivity (Wildman–Crippen MR) is 64.5 cm³/mol. The minimum Gasteiger partial charge on any atom is -0.462 e. The Labute approximate surface area is 105 Å². The first-order valence-electron chi connectivity index (χ1n) is 5.49. The molecule has 0 saturated carbocycles. The normalized spacial score (nSPS) is 10.9. The molecule has 1 rings (SSSR count). The van der Waals surface area contributed by atoms with Crippen LogP contribution in [0, 0.1) is 5.82 Å². The van der Waals surface area contributed by atoms with Gasteiger partial charge in [-0.3, -0.25) is 4.79 Å². The lowest BCUT2D eigenvalue weighted by Crippen LogP contribution is -2.40. The van der Waals surface area contributed by atoms with E-state index in [1.807, 2.05) is 13.8 Å². The van der Waals surface area contributed by atoms with Crippen LogP contribution in [0.5, 0.6) is 0 Å². The van der Waals surface area contributed by atoms with E-state index in [0.29, 0.717) is 0 Å². The van der Waals surface area contributed by atoms with Crippen molar-refractivity contribution >= 4 is 11.9 Å². The number of hydrogen-bond donors (Lipinski definition) is 1. The monoisotopic (exact) mass is 253 g/mol. The van der Waals surface area contributed by atoms with E-state index in [0.717, 1.165) is 12.7 Å². The SMILES string of the molecule is COC(=O)C(=O)NCC(C)(C)c1cccc(F)c1. The van der Waals surface area contributed by atoms with Crippen molar-refractivity contribution in [2.24, 2.45) is 0 Å². The summed E-state index contributed by atoms with van der Waals surface area (Å²) < 4.78 is 17.4. The summed E-state index contributed by atoms with van der Waals surface area (Å²) in [7, 11) is 1.14. The molecular weight excluding hydrogens is 237 g/mol. The predicted octanol–water partition coefficient (Wildman–Crippen LogP) is 1.39. The highest BCUT2D eigenvalue weighted by Crippen LogP contribution is 2.22. The van der Waals surface area contributed by atoms with Gasteiger partial charge in [0.2, 0.25) is 0 Å². The molecule has 1 aromatic rings. The first-order valence-corrected chi connectivity index (χ1v) is 5.49. The summed E-state index contributed by atoms with van der Waals surface area (Å²) in [6, 6.07) is 6.14. The second-order valence-electron chi connectivity index (χ2n) is 4.57. The third-order valence-electron chi connectivity index (χ3n) is 2.67. The van der Waals surface area contributed by atoms with E-state index < -0.39 is 17.3 Å². The van der Waals surface area contributed by atoms with Crippen LogP contribution in [0.25, 0.3) is 0 Å². The van der Waals surface area contributed by atoms with Crippen molar-refractivity contribution < 1.29 is 18.7 Å². The molecule has 0 aliphatic heterocycles. The highest BCUT2D eigenvalue weighted by atomic mass is 19.1. The van der Waals surface area contributed by atoms with Gasteiger partial charge in [0.1, 0.15) is 5.82 Å². The number of ether oxygens (including phenoxy) is 1. The summed E-state index contributed by atoms with van der Waals surface area (Å²) in [6.07, 6.45) is 0. The van der Waals surface area contributed by atoms with Gasteiger partial charge in [0.25, 0.3) is 0 Å². The average Bonchev–Trinajstić information content (AvgIpc) is 2.35. The van der Waals surface area contributed by atoms with E-state index in [4.69, 9.17) is 0 Å². The molecule has 0 heterocycles. The average molecular weight is 253 g/mol. The van der Waals surface area contributed by atoms with Gasteiger partial charge < -0.3 is 10.1 Å². The summed E-state index contributed by atoms with van der Waals surface area (Å²) in [5.41, 5.74) is 0.263. The van der Waals surface area contributed by atoms with Crippen LogP contribution in [-0.2, 0) is 19.7 Å². The molecule has 0 aromatic heterocycles. The third-order valence-corrected chi connectivity index (χ3v) is 2.67. The fourth-order valence-electron chi connectivity index (χ4n) is 1.48. The number of halogens is 1. The summed E-state index contributed by atoms with van der Waals surface area (Å²) in [5.74, 6) is -2.08.